The summed E-state index contributed by atoms with van der Waals surface area (Å²) in [7, 11) is 0. The number of hydrogen-bond donors (Lipinski definition) is 1. The van der Waals surface area contributed by atoms with E-state index in [0.717, 1.165) is 5.75 Å². The van der Waals surface area contributed by atoms with Gasteiger partial charge in [-0.15, -0.1) is 0 Å². The van der Waals surface area contributed by atoms with Gasteiger partial charge in [0.1, 0.15) is 10.6 Å². The molecule has 1 N–H and O–H groups in total. The summed E-state index contributed by atoms with van der Waals surface area (Å²) in [6.45, 7) is 2.04. The van der Waals surface area contributed by atoms with Crippen molar-refractivity contribution in [3.8, 4) is 0 Å². The van der Waals surface area contributed by atoms with Gasteiger partial charge in [0.2, 0.25) is 0 Å². The van der Waals surface area contributed by atoms with E-state index in [1.807, 2.05) is 6.92 Å². The molecule has 1 heterocycles. The molecular weight excluding hydrogens is 254 g/mol. The van der Waals surface area contributed by atoms with E-state index in [1.165, 1.54) is 34.4 Å². The van der Waals surface area contributed by atoms with Crippen molar-refractivity contribution >= 4 is 29.3 Å². The fourth-order valence-electron chi connectivity index (χ4n) is 1.31. The van der Waals surface area contributed by atoms with E-state index in [0.29, 0.717) is 10.6 Å². The van der Waals surface area contributed by atoms with Crippen LogP contribution in [0.4, 0.5) is 0 Å². The number of benzene rings is 1. The van der Waals surface area contributed by atoms with Crippen molar-refractivity contribution in [2.24, 2.45) is 0 Å². The summed E-state index contributed by atoms with van der Waals surface area (Å²) in [6, 6.07) is 8.20. The largest absolute Gasteiger partial charge is 0.478 e. The van der Waals surface area contributed by atoms with Gasteiger partial charge >= 0.3 is 5.97 Å². The monoisotopic (exact) mass is 265 g/mol. The fourth-order valence-corrected chi connectivity index (χ4v) is 3.09. The molecule has 5 heteroatoms. The molecule has 3 nitrogen and oxygen atoms in total. The molecule has 0 bridgehead atoms. The van der Waals surface area contributed by atoms with Gasteiger partial charge in [-0.3, -0.25) is 0 Å². The minimum atomic E-state index is -0.912. The number of aromatic nitrogens is 1. The summed E-state index contributed by atoms with van der Waals surface area (Å²) in [5.41, 5.74) is 2.69. The number of rotatable bonds is 4. The van der Waals surface area contributed by atoms with E-state index >= 15 is 0 Å². The maximum absolute atomic E-state index is 10.9. The normalized spacial score (nSPS) is 10.4. The van der Waals surface area contributed by atoms with Crippen LogP contribution in [0, 0.1) is 6.92 Å². The topological polar surface area (TPSA) is 50.2 Å². The molecule has 0 aliphatic rings. The second-order valence-electron chi connectivity index (χ2n) is 3.61. The van der Waals surface area contributed by atoms with E-state index < -0.39 is 5.97 Å². The highest BCUT2D eigenvalue weighted by Gasteiger charge is 2.13. The molecule has 2 aromatic rings. The highest BCUT2D eigenvalue weighted by molar-refractivity contribution is 7.98. The van der Waals surface area contributed by atoms with E-state index in [2.05, 4.69) is 28.6 Å². The summed E-state index contributed by atoms with van der Waals surface area (Å²) in [5.74, 6) is -0.172. The van der Waals surface area contributed by atoms with Gasteiger partial charge in [-0.25, -0.2) is 4.79 Å². The highest BCUT2D eigenvalue weighted by atomic mass is 32.2. The Hall–Kier alpha value is -1.33. The quantitative estimate of drug-likeness (QED) is 0.860. The van der Waals surface area contributed by atoms with Crippen LogP contribution in [0.1, 0.15) is 21.5 Å². The molecule has 1 aromatic heterocycles. The Kier molecular flexibility index (Phi) is 3.81. The first-order valence-corrected chi connectivity index (χ1v) is 6.85. The molecule has 0 amide bonds. The van der Waals surface area contributed by atoms with Gasteiger partial charge in [0.15, 0.2) is 0 Å². The Bertz CT molecular complexity index is 520. The Morgan fingerprint density at radius 1 is 1.41 bits per heavy atom. The van der Waals surface area contributed by atoms with Gasteiger partial charge in [-0.05, 0) is 24.0 Å². The van der Waals surface area contributed by atoms with Crippen molar-refractivity contribution in [2.75, 3.05) is 0 Å². The number of nitrogens with zero attached hydrogens (tertiary/aromatic N) is 1. The van der Waals surface area contributed by atoms with Crippen molar-refractivity contribution in [3.05, 3.63) is 46.3 Å². The first-order chi connectivity index (χ1) is 8.16. The number of carbonyl (C=O) groups is 1. The Morgan fingerprint density at radius 3 is 2.76 bits per heavy atom. The third kappa shape index (κ3) is 3.08. The zero-order chi connectivity index (χ0) is 12.3. The number of hydrogen-bond acceptors (Lipinski definition) is 4. The molecule has 2 rings (SSSR count). The van der Waals surface area contributed by atoms with Crippen molar-refractivity contribution in [2.45, 2.75) is 17.7 Å². The Balaban J connectivity index is 2.05. The molecule has 0 saturated heterocycles. The van der Waals surface area contributed by atoms with Crippen LogP contribution in [0.3, 0.4) is 0 Å². The lowest BCUT2D eigenvalue weighted by Crippen LogP contribution is -1.95. The molecule has 0 saturated carbocycles. The van der Waals surface area contributed by atoms with Crippen molar-refractivity contribution in [1.29, 1.82) is 0 Å². The Labute approximate surface area is 108 Å². The molecule has 0 aliphatic heterocycles. The summed E-state index contributed by atoms with van der Waals surface area (Å²) in [4.78, 5) is 10.9. The molecule has 0 aliphatic carbocycles. The number of aryl methyl sites for hydroxylation is 1. The second-order valence-corrected chi connectivity index (χ2v) is 5.21. The van der Waals surface area contributed by atoms with Gasteiger partial charge in [-0.1, -0.05) is 41.6 Å². The minimum Gasteiger partial charge on any atom is -0.478 e. The van der Waals surface area contributed by atoms with Crippen LogP contribution >= 0.6 is 23.3 Å². The van der Waals surface area contributed by atoms with E-state index in [9.17, 15) is 4.79 Å². The zero-order valence-electron chi connectivity index (χ0n) is 9.21. The average molecular weight is 265 g/mol. The van der Waals surface area contributed by atoms with Crippen molar-refractivity contribution in [1.82, 2.24) is 4.37 Å². The summed E-state index contributed by atoms with van der Waals surface area (Å²) in [5, 5.41) is 11.1. The predicted molar refractivity (Wildman–Crippen MR) is 69.8 cm³/mol. The van der Waals surface area contributed by atoms with E-state index in [-0.39, 0.29) is 0 Å². The average Bonchev–Trinajstić information content (AvgIpc) is 2.76. The van der Waals surface area contributed by atoms with Crippen LogP contribution in [0.2, 0.25) is 0 Å². The van der Waals surface area contributed by atoms with Gasteiger partial charge < -0.3 is 5.11 Å². The molecular formula is C12H11NO2S2. The van der Waals surface area contributed by atoms with Gasteiger partial charge in [0.05, 0.1) is 0 Å². The van der Waals surface area contributed by atoms with Gasteiger partial charge in [0, 0.05) is 11.1 Å². The van der Waals surface area contributed by atoms with Crippen LogP contribution < -0.4 is 0 Å². The molecule has 88 valence electrons. The standard InChI is InChI=1S/C12H11NO2S2/c1-8-2-4-9(5-3-8)6-16-11-10(12(14)15)7-17-13-11/h2-5,7H,6H2,1H3,(H,14,15). The molecule has 0 atom stereocenters. The molecule has 0 fully saturated rings. The fraction of sp³-hybridized carbons (Fsp3) is 0.167. The zero-order valence-corrected chi connectivity index (χ0v) is 10.8. The lowest BCUT2D eigenvalue weighted by Gasteiger charge is -2.01. The van der Waals surface area contributed by atoms with Crippen molar-refractivity contribution in [3.63, 3.8) is 0 Å². The molecule has 0 spiro atoms. The second kappa shape index (κ2) is 5.33. The van der Waals surface area contributed by atoms with Gasteiger partial charge in [-0.2, -0.15) is 4.37 Å². The van der Waals surface area contributed by atoms with Crippen LogP contribution in [-0.4, -0.2) is 15.4 Å². The van der Waals surface area contributed by atoms with Crippen LogP contribution in [0.25, 0.3) is 0 Å². The maximum Gasteiger partial charge on any atom is 0.339 e. The van der Waals surface area contributed by atoms with E-state index in [1.54, 1.807) is 5.38 Å². The Morgan fingerprint density at radius 2 is 2.12 bits per heavy atom. The number of carboxylic acid groups (broad SMARTS) is 1. The lowest BCUT2D eigenvalue weighted by atomic mass is 10.2. The highest BCUT2D eigenvalue weighted by Crippen LogP contribution is 2.26. The number of aromatic carboxylic acids is 1. The molecule has 17 heavy (non-hydrogen) atoms. The third-order valence-electron chi connectivity index (χ3n) is 2.26. The lowest BCUT2D eigenvalue weighted by molar-refractivity contribution is 0.0693. The molecule has 0 radical (unpaired) electrons. The number of thioether (sulfide) groups is 1. The minimum absolute atomic E-state index is 0.298. The third-order valence-corrected chi connectivity index (χ3v) is 4.07. The summed E-state index contributed by atoms with van der Waals surface area (Å²) >= 11 is 2.64. The first-order valence-electron chi connectivity index (χ1n) is 5.03. The predicted octanol–water partition coefficient (Wildman–Crippen LogP) is 3.44. The van der Waals surface area contributed by atoms with Crippen molar-refractivity contribution < 1.29 is 9.90 Å². The van der Waals surface area contributed by atoms with E-state index in [4.69, 9.17) is 5.11 Å². The maximum atomic E-state index is 10.9. The van der Waals surface area contributed by atoms with Crippen LogP contribution in [0.5, 0.6) is 0 Å². The molecule has 1 aromatic carbocycles. The molecule has 0 unspecified atom stereocenters. The summed E-state index contributed by atoms with van der Waals surface area (Å²) in [6.07, 6.45) is 0. The number of carboxylic acids is 1. The van der Waals surface area contributed by atoms with Crippen LogP contribution in [-0.2, 0) is 5.75 Å². The smallest absolute Gasteiger partial charge is 0.339 e. The first kappa shape index (κ1) is 12.1. The SMILES string of the molecule is Cc1ccc(CSc2nscc2C(=O)O)cc1. The van der Waals surface area contributed by atoms with Gasteiger partial charge in [0.25, 0.3) is 0 Å². The summed E-state index contributed by atoms with van der Waals surface area (Å²) < 4.78 is 4.09. The van der Waals surface area contributed by atoms with Crippen LogP contribution in [0.15, 0.2) is 34.7 Å².